The molecule has 1 atom stereocenters. The fourth-order valence-electron chi connectivity index (χ4n) is 1.89. The summed E-state index contributed by atoms with van der Waals surface area (Å²) >= 11 is 0. The largest absolute Gasteiger partial charge is 0.480 e. The van der Waals surface area contributed by atoms with Gasteiger partial charge in [0, 0.05) is 12.6 Å². The number of hydrogen-bond donors (Lipinski definition) is 1. The number of carboxylic acid groups (broad SMARTS) is 1. The zero-order chi connectivity index (χ0) is 15.4. The predicted octanol–water partition coefficient (Wildman–Crippen LogP) is 0.872. The van der Waals surface area contributed by atoms with Gasteiger partial charge in [-0.05, 0) is 18.6 Å². The molecule has 2 aromatic rings. The Bertz CT molecular complexity index is 639. The Kier molecular flexibility index (Phi) is 4.32. The lowest BCUT2D eigenvalue weighted by Crippen LogP contribution is -2.40. The number of carbonyl (C=O) groups excluding carboxylic acids is 1. The van der Waals surface area contributed by atoms with Crippen LogP contribution in [0.1, 0.15) is 22.8 Å². The van der Waals surface area contributed by atoms with Crippen LogP contribution in [0.2, 0.25) is 0 Å². The highest BCUT2D eigenvalue weighted by molar-refractivity contribution is 5.97. The average molecular weight is 288 g/mol. The molecule has 0 aliphatic carbocycles. The SMILES string of the molecule is CC(C(=O)O)N(C)C(=O)c1ccccc1Cn1cncn1. The van der Waals surface area contributed by atoms with Gasteiger partial charge in [0.15, 0.2) is 0 Å². The van der Waals surface area contributed by atoms with Crippen molar-refractivity contribution in [2.75, 3.05) is 7.05 Å². The van der Waals surface area contributed by atoms with Gasteiger partial charge in [0.2, 0.25) is 0 Å². The van der Waals surface area contributed by atoms with Crippen molar-refractivity contribution < 1.29 is 14.7 Å². The molecular formula is C14H16N4O3. The van der Waals surface area contributed by atoms with Crippen LogP contribution in [0, 0.1) is 0 Å². The summed E-state index contributed by atoms with van der Waals surface area (Å²) in [6, 6.07) is 6.17. The average Bonchev–Trinajstić information content (AvgIpc) is 2.98. The van der Waals surface area contributed by atoms with Gasteiger partial charge in [-0.1, -0.05) is 18.2 Å². The zero-order valence-electron chi connectivity index (χ0n) is 11.8. The Hall–Kier alpha value is -2.70. The molecule has 1 N–H and O–H groups in total. The molecule has 0 aliphatic rings. The molecule has 0 saturated heterocycles. The maximum atomic E-state index is 12.5. The van der Waals surface area contributed by atoms with Crippen LogP contribution in [0.15, 0.2) is 36.9 Å². The lowest BCUT2D eigenvalue weighted by atomic mass is 10.1. The van der Waals surface area contributed by atoms with Crippen LogP contribution in [-0.2, 0) is 11.3 Å². The van der Waals surface area contributed by atoms with Crippen molar-refractivity contribution in [1.82, 2.24) is 19.7 Å². The van der Waals surface area contributed by atoms with Crippen LogP contribution in [0.25, 0.3) is 0 Å². The first-order valence-electron chi connectivity index (χ1n) is 6.41. The van der Waals surface area contributed by atoms with E-state index in [0.717, 1.165) is 5.56 Å². The van der Waals surface area contributed by atoms with Crippen LogP contribution in [0.4, 0.5) is 0 Å². The number of rotatable bonds is 5. The van der Waals surface area contributed by atoms with Gasteiger partial charge in [-0.2, -0.15) is 5.10 Å². The Morgan fingerprint density at radius 1 is 1.38 bits per heavy atom. The van der Waals surface area contributed by atoms with Crippen molar-refractivity contribution >= 4 is 11.9 Å². The highest BCUT2D eigenvalue weighted by atomic mass is 16.4. The van der Waals surface area contributed by atoms with Gasteiger partial charge >= 0.3 is 5.97 Å². The van der Waals surface area contributed by atoms with Gasteiger partial charge in [0.05, 0.1) is 6.54 Å². The number of carboxylic acids is 1. The number of amides is 1. The van der Waals surface area contributed by atoms with E-state index in [-0.39, 0.29) is 5.91 Å². The van der Waals surface area contributed by atoms with E-state index < -0.39 is 12.0 Å². The third-order valence-electron chi connectivity index (χ3n) is 3.31. The van der Waals surface area contributed by atoms with E-state index >= 15 is 0 Å². The lowest BCUT2D eigenvalue weighted by Gasteiger charge is -2.22. The number of hydrogen-bond acceptors (Lipinski definition) is 4. The summed E-state index contributed by atoms with van der Waals surface area (Å²) in [7, 11) is 1.48. The Morgan fingerprint density at radius 3 is 2.71 bits per heavy atom. The molecule has 0 fully saturated rings. The Labute approximate surface area is 121 Å². The Morgan fingerprint density at radius 2 is 2.10 bits per heavy atom. The quantitative estimate of drug-likeness (QED) is 0.882. The summed E-state index contributed by atoms with van der Waals surface area (Å²) in [6.07, 6.45) is 2.98. The molecule has 0 aliphatic heterocycles. The van der Waals surface area contributed by atoms with E-state index in [0.29, 0.717) is 12.1 Å². The van der Waals surface area contributed by atoms with Crippen molar-refractivity contribution in [3.8, 4) is 0 Å². The normalized spacial score (nSPS) is 11.9. The molecule has 7 nitrogen and oxygen atoms in total. The summed E-state index contributed by atoms with van der Waals surface area (Å²) in [5.74, 6) is -1.37. The van der Waals surface area contributed by atoms with Crippen LogP contribution in [0.5, 0.6) is 0 Å². The molecule has 2 rings (SSSR count). The minimum Gasteiger partial charge on any atom is -0.480 e. The number of aromatic nitrogens is 3. The summed E-state index contributed by atoms with van der Waals surface area (Å²) in [6.45, 7) is 1.87. The minimum absolute atomic E-state index is 0.333. The number of benzene rings is 1. The first-order valence-corrected chi connectivity index (χ1v) is 6.41. The maximum Gasteiger partial charge on any atom is 0.326 e. The fraction of sp³-hybridized carbons (Fsp3) is 0.286. The Balaban J connectivity index is 2.27. The molecule has 1 aromatic carbocycles. The predicted molar refractivity (Wildman–Crippen MR) is 74.8 cm³/mol. The summed E-state index contributed by atoms with van der Waals surface area (Å²) in [5, 5.41) is 13.0. The number of aliphatic carboxylic acids is 1. The fourth-order valence-corrected chi connectivity index (χ4v) is 1.89. The van der Waals surface area contributed by atoms with Crippen molar-refractivity contribution in [3.05, 3.63) is 48.0 Å². The van der Waals surface area contributed by atoms with Crippen molar-refractivity contribution in [3.63, 3.8) is 0 Å². The zero-order valence-corrected chi connectivity index (χ0v) is 11.8. The smallest absolute Gasteiger partial charge is 0.326 e. The van der Waals surface area contributed by atoms with Crippen LogP contribution >= 0.6 is 0 Å². The lowest BCUT2D eigenvalue weighted by molar-refractivity contribution is -0.141. The van der Waals surface area contributed by atoms with Crippen molar-refractivity contribution in [2.45, 2.75) is 19.5 Å². The molecule has 1 heterocycles. The van der Waals surface area contributed by atoms with E-state index in [1.807, 2.05) is 12.1 Å². The molecule has 0 bridgehead atoms. The standard InChI is InChI=1S/C14H16N4O3/c1-10(14(20)21)17(2)13(19)12-6-4-3-5-11(12)7-18-9-15-8-16-18/h3-6,8-10H,7H2,1-2H3,(H,20,21). The molecule has 110 valence electrons. The molecule has 7 heteroatoms. The highest BCUT2D eigenvalue weighted by Crippen LogP contribution is 2.14. The molecule has 1 unspecified atom stereocenters. The van der Waals surface area contributed by atoms with Gasteiger partial charge in [-0.15, -0.1) is 0 Å². The number of nitrogens with zero attached hydrogens (tertiary/aromatic N) is 4. The van der Waals surface area contributed by atoms with E-state index in [1.54, 1.807) is 23.1 Å². The van der Waals surface area contributed by atoms with Gasteiger partial charge in [-0.25, -0.2) is 14.5 Å². The van der Waals surface area contributed by atoms with Crippen LogP contribution < -0.4 is 0 Å². The van der Waals surface area contributed by atoms with Crippen molar-refractivity contribution in [1.29, 1.82) is 0 Å². The number of likely N-dealkylation sites (N-methyl/N-ethyl adjacent to an activating group) is 1. The second-order valence-corrected chi connectivity index (χ2v) is 4.68. The molecular weight excluding hydrogens is 272 g/mol. The van der Waals surface area contributed by atoms with Crippen LogP contribution in [-0.4, -0.2) is 49.7 Å². The topological polar surface area (TPSA) is 88.3 Å². The summed E-state index contributed by atoms with van der Waals surface area (Å²) in [5.41, 5.74) is 1.22. The third-order valence-corrected chi connectivity index (χ3v) is 3.31. The second-order valence-electron chi connectivity index (χ2n) is 4.68. The first kappa shape index (κ1) is 14.7. The van der Waals surface area contributed by atoms with Gasteiger partial charge in [0.25, 0.3) is 5.91 Å². The third kappa shape index (κ3) is 3.25. The molecule has 0 spiro atoms. The maximum absolute atomic E-state index is 12.5. The summed E-state index contributed by atoms with van der Waals surface area (Å²) in [4.78, 5) is 28.5. The molecule has 21 heavy (non-hydrogen) atoms. The van der Waals surface area contributed by atoms with E-state index in [2.05, 4.69) is 10.1 Å². The number of carbonyl (C=O) groups is 2. The monoisotopic (exact) mass is 288 g/mol. The van der Waals surface area contributed by atoms with Crippen LogP contribution in [0.3, 0.4) is 0 Å². The van der Waals surface area contributed by atoms with E-state index in [9.17, 15) is 9.59 Å². The molecule has 1 amide bonds. The first-order chi connectivity index (χ1) is 10.0. The second kappa shape index (κ2) is 6.17. The highest BCUT2D eigenvalue weighted by Gasteiger charge is 2.24. The molecule has 0 radical (unpaired) electrons. The van der Waals surface area contributed by atoms with Crippen molar-refractivity contribution in [2.24, 2.45) is 0 Å². The van der Waals surface area contributed by atoms with Gasteiger partial charge in [0.1, 0.15) is 18.7 Å². The molecule has 0 saturated carbocycles. The van der Waals surface area contributed by atoms with Gasteiger partial charge < -0.3 is 10.0 Å². The minimum atomic E-state index is -1.04. The van der Waals surface area contributed by atoms with E-state index in [1.165, 1.54) is 25.2 Å². The molecule has 1 aromatic heterocycles. The van der Waals surface area contributed by atoms with Gasteiger partial charge in [-0.3, -0.25) is 4.79 Å². The van der Waals surface area contributed by atoms with E-state index in [4.69, 9.17) is 5.11 Å². The summed E-state index contributed by atoms with van der Waals surface area (Å²) < 4.78 is 1.60.